The van der Waals surface area contributed by atoms with E-state index in [4.69, 9.17) is 4.99 Å². The molecule has 0 radical (unpaired) electrons. The van der Waals surface area contributed by atoms with Crippen LogP contribution in [0.4, 0.5) is 0 Å². The lowest BCUT2D eigenvalue weighted by Gasteiger charge is -2.38. The van der Waals surface area contributed by atoms with Gasteiger partial charge in [0, 0.05) is 23.3 Å². The van der Waals surface area contributed by atoms with E-state index < -0.39 is 0 Å². The molecule has 1 heterocycles. The van der Waals surface area contributed by atoms with Crippen LogP contribution in [0.5, 0.6) is 0 Å². The summed E-state index contributed by atoms with van der Waals surface area (Å²) in [6.45, 7) is 9.02. The third kappa shape index (κ3) is 4.16. The highest BCUT2D eigenvalue weighted by Gasteiger charge is 2.31. The van der Waals surface area contributed by atoms with Gasteiger partial charge in [0.1, 0.15) is 10.9 Å². The molecule has 0 N–H and O–H groups in total. The Morgan fingerprint density at radius 2 is 2.14 bits per heavy atom. The van der Waals surface area contributed by atoms with Crippen molar-refractivity contribution >= 4 is 17.6 Å². The van der Waals surface area contributed by atoms with Crippen molar-refractivity contribution in [2.45, 2.75) is 71.8 Å². The van der Waals surface area contributed by atoms with Gasteiger partial charge in [0.25, 0.3) is 0 Å². The molecule has 0 aromatic carbocycles. The fourth-order valence-corrected chi connectivity index (χ4v) is 3.97. The highest BCUT2D eigenvalue weighted by Crippen LogP contribution is 2.41. The molecule has 1 aromatic heterocycles. The topological polar surface area (TPSA) is 49.0 Å². The zero-order valence-electron chi connectivity index (χ0n) is 14.2. The number of thiazole rings is 1. The van der Waals surface area contributed by atoms with E-state index in [1.807, 2.05) is 18.5 Å². The molecule has 4 heteroatoms. The molecule has 0 amide bonds. The molecule has 1 fully saturated rings. The average Bonchev–Trinajstić information content (AvgIpc) is 2.95. The Labute approximate surface area is 138 Å². The summed E-state index contributed by atoms with van der Waals surface area (Å²) in [5.74, 6) is 0.529. The molecule has 0 saturated heterocycles. The molecular formula is C18H27N3S. The molecule has 0 bridgehead atoms. The number of rotatable bonds is 5. The van der Waals surface area contributed by atoms with Gasteiger partial charge in [0.2, 0.25) is 0 Å². The van der Waals surface area contributed by atoms with E-state index in [0.717, 1.165) is 29.5 Å². The van der Waals surface area contributed by atoms with Gasteiger partial charge in [0.15, 0.2) is 0 Å². The Hall–Kier alpha value is -1.21. The number of aromatic nitrogens is 1. The normalized spacial score (nSPS) is 24.3. The third-order valence-corrected chi connectivity index (χ3v) is 6.25. The monoisotopic (exact) mass is 317 g/mol. The lowest BCUT2D eigenvalue weighted by atomic mass is 9.69. The van der Waals surface area contributed by atoms with E-state index in [2.05, 4.69) is 31.8 Å². The molecule has 0 spiro atoms. The summed E-state index contributed by atoms with van der Waals surface area (Å²) >= 11 is 1.55. The largest absolute Gasteiger partial charge is 0.292 e. The van der Waals surface area contributed by atoms with Crippen molar-refractivity contribution in [3.8, 4) is 6.07 Å². The first-order valence-electron chi connectivity index (χ1n) is 8.31. The first kappa shape index (κ1) is 17.1. The van der Waals surface area contributed by atoms with Gasteiger partial charge in [0.05, 0.1) is 6.07 Å². The van der Waals surface area contributed by atoms with Crippen molar-refractivity contribution in [1.29, 1.82) is 5.26 Å². The van der Waals surface area contributed by atoms with Gasteiger partial charge in [-0.3, -0.25) is 4.99 Å². The summed E-state index contributed by atoms with van der Waals surface area (Å²) in [4.78, 5) is 9.11. The minimum absolute atomic E-state index is 0.288. The molecule has 1 aliphatic rings. The van der Waals surface area contributed by atoms with Crippen molar-refractivity contribution in [3.05, 3.63) is 16.1 Å². The minimum Gasteiger partial charge on any atom is -0.292 e. The zero-order valence-corrected chi connectivity index (χ0v) is 15.0. The lowest BCUT2D eigenvalue weighted by molar-refractivity contribution is 0.145. The SMILES string of the molecule is CCC(C)(C)C1CCC(N=CC(C#N)c2nc(C)cs2)CC1. The maximum absolute atomic E-state index is 9.32. The standard InChI is InChI=1S/C18H27N3S/c1-5-18(3,4)15-6-8-16(9-7-15)20-11-14(10-19)17-21-13(2)12-22-17/h11-12,14-16H,5-9H2,1-4H3. The summed E-state index contributed by atoms with van der Waals surface area (Å²) in [6.07, 6.45) is 7.89. The number of hydrogen-bond acceptors (Lipinski definition) is 4. The number of hydrogen-bond donors (Lipinski definition) is 0. The van der Waals surface area contributed by atoms with E-state index in [-0.39, 0.29) is 5.92 Å². The van der Waals surface area contributed by atoms with Gasteiger partial charge in [-0.2, -0.15) is 5.26 Å². The highest BCUT2D eigenvalue weighted by atomic mass is 32.1. The van der Waals surface area contributed by atoms with Crippen LogP contribution in [0.3, 0.4) is 0 Å². The molecule has 2 rings (SSSR count). The molecule has 1 aromatic rings. The quantitative estimate of drug-likeness (QED) is 0.707. The van der Waals surface area contributed by atoms with Crippen LogP contribution < -0.4 is 0 Å². The number of aryl methyl sites for hydroxylation is 1. The van der Waals surface area contributed by atoms with Crippen LogP contribution in [-0.4, -0.2) is 17.2 Å². The van der Waals surface area contributed by atoms with Crippen LogP contribution in [0.25, 0.3) is 0 Å². The Morgan fingerprint density at radius 3 is 2.64 bits per heavy atom. The summed E-state index contributed by atoms with van der Waals surface area (Å²) in [5.41, 5.74) is 1.43. The van der Waals surface area contributed by atoms with Crippen molar-refractivity contribution in [2.24, 2.45) is 16.3 Å². The van der Waals surface area contributed by atoms with Gasteiger partial charge in [-0.15, -0.1) is 11.3 Å². The second-order valence-electron chi connectivity index (χ2n) is 7.08. The van der Waals surface area contributed by atoms with E-state index in [9.17, 15) is 5.26 Å². The molecule has 0 aliphatic heterocycles. The number of nitriles is 1. The van der Waals surface area contributed by atoms with E-state index in [1.165, 1.54) is 19.3 Å². The first-order valence-corrected chi connectivity index (χ1v) is 9.19. The molecule has 1 aliphatic carbocycles. The predicted molar refractivity (Wildman–Crippen MR) is 93.5 cm³/mol. The average molecular weight is 318 g/mol. The van der Waals surface area contributed by atoms with E-state index in [0.29, 0.717) is 11.5 Å². The Bertz CT molecular complexity index is 545. The highest BCUT2D eigenvalue weighted by molar-refractivity contribution is 7.09. The first-order chi connectivity index (χ1) is 10.5. The maximum atomic E-state index is 9.32. The van der Waals surface area contributed by atoms with E-state index in [1.54, 1.807) is 11.3 Å². The molecule has 1 unspecified atom stereocenters. The second-order valence-corrected chi connectivity index (χ2v) is 7.97. The van der Waals surface area contributed by atoms with Gasteiger partial charge in [-0.25, -0.2) is 4.98 Å². The van der Waals surface area contributed by atoms with Gasteiger partial charge >= 0.3 is 0 Å². The minimum atomic E-state index is -0.288. The van der Waals surface area contributed by atoms with Crippen molar-refractivity contribution in [3.63, 3.8) is 0 Å². The van der Waals surface area contributed by atoms with Crippen LogP contribution in [0.2, 0.25) is 0 Å². The van der Waals surface area contributed by atoms with Crippen LogP contribution in [0, 0.1) is 29.6 Å². The summed E-state index contributed by atoms with van der Waals surface area (Å²) in [7, 11) is 0. The fraction of sp³-hybridized carbons (Fsp3) is 0.722. The smallest absolute Gasteiger partial charge is 0.133 e. The molecule has 120 valence electrons. The number of aliphatic imine (C=N–C) groups is 1. The van der Waals surface area contributed by atoms with Gasteiger partial charge < -0.3 is 0 Å². The summed E-state index contributed by atoms with van der Waals surface area (Å²) in [5, 5.41) is 12.2. The maximum Gasteiger partial charge on any atom is 0.133 e. The molecule has 3 nitrogen and oxygen atoms in total. The predicted octanol–water partition coefficient (Wildman–Crippen LogP) is 5.12. The Balaban J connectivity index is 1.91. The molecule has 1 saturated carbocycles. The Kier molecular flexibility index (Phi) is 5.74. The Morgan fingerprint density at radius 1 is 1.45 bits per heavy atom. The number of nitrogens with zero attached hydrogens (tertiary/aromatic N) is 3. The second kappa shape index (κ2) is 7.37. The van der Waals surface area contributed by atoms with Gasteiger partial charge in [-0.05, 0) is 43.9 Å². The van der Waals surface area contributed by atoms with Crippen molar-refractivity contribution in [2.75, 3.05) is 0 Å². The van der Waals surface area contributed by atoms with Crippen molar-refractivity contribution < 1.29 is 0 Å². The summed E-state index contributed by atoms with van der Waals surface area (Å²) < 4.78 is 0. The van der Waals surface area contributed by atoms with Crippen LogP contribution in [-0.2, 0) is 0 Å². The van der Waals surface area contributed by atoms with E-state index >= 15 is 0 Å². The molecular weight excluding hydrogens is 290 g/mol. The zero-order chi connectivity index (χ0) is 16.2. The lowest BCUT2D eigenvalue weighted by Crippen LogP contribution is -2.29. The molecule has 1 atom stereocenters. The van der Waals surface area contributed by atoms with Crippen LogP contribution in [0.1, 0.15) is 69.5 Å². The summed E-state index contributed by atoms with van der Waals surface area (Å²) in [6, 6.07) is 2.70. The third-order valence-electron chi connectivity index (χ3n) is 5.20. The molecule has 22 heavy (non-hydrogen) atoms. The van der Waals surface area contributed by atoms with Crippen molar-refractivity contribution in [1.82, 2.24) is 4.98 Å². The fourth-order valence-electron chi connectivity index (χ4n) is 3.17. The van der Waals surface area contributed by atoms with Crippen LogP contribution in [0.15, 0.2) is 10.4 Å². The van der Waals surface area contributed by atoms with Gasteiger partial charge in [-0.1, -0.05) is 27.2 Å². The van der Waals surface area contributed by atoms with Crippen LogP contribution >= 0.6 is 11.3 Å².